The lowest BCUT2D eigenvalue weighted by atomic mass is 10.0. The van der Waals surface area contributed by atoms with E-state index in [1.807, 2.05) is 18.7 Å². The van der Waals surface area contributed by atoms with Gasteiger partial charge >= 0.3 is 0 Å². The number of thioether (sulfide) groups is 1. The fourth-order valence-electron chi connectivity index (χ4n) is 2.08. The Bertz CT molecular complexity index is 336. The van der Waals surface area contributed by atoms with Crippen LogP contribution >= 0.6 is 11.8 Å². The lowest BCUT2D eigenvalue weighted by Gasteiger charge is -2.19. The van der Waals surface area contributed by atoms with Gasteiger partial charge in [-0.15, -0.1) is 0 Å². The van der Waals surface area contributed by atoms with E-state index < -0.39 is 0 Å². The van der Waals surface area contributed by atoms with E-state index in [0.29, 0.717) is 5.89 Å². The number of nitrogens with two attached hydrogens (primary N) is 1. The van der Waals surface area contributed by atoms with Crippen LogP contribution in [0, 0.1) is 0 Å². The summed E-state index contributed by atoms with van der Waals surface area (Å²) in [5, 5.41) is 4.77. The molecule has 0 amide bonds. The minimum absolute atomic E-state index is 0.115. The standard InChI is InChI=1S/C12H21N3OS/c1-2-10(13)12-14-11(15-16-12)8-17-9-6-4-3-5-7-9/h9-10H,2-8,13H2,1H3/t10-/m1/s1. The van der Waals surface area contributed by atoms with E-state index in [2.05, 4.69) is 10.1 Å². The molecule has 4 nitrogen and oxygen atoms in total. The summed E-state index contributed by atoms with van der Waals surface area (Å²) in [6.07, 6.45) is 7.64. The fourth-order valence-corrected chi connectivity index (χ4v) is 3.24. The molecule has 2 rings (SSSR count). The molecule has 0 bridgehead atoms. The highest BCUT2D eigenvalue weighted by molar-refractivity contribution is 7.99. The molecule has 1 saturated carbocycles. The highest BCUT2D eigenvalue weighted by Gasteiger charge is 2.16. The summed E-state index contributed by atoms with van der Waals surface area (Å²) in [7, 11) is 0. The van der Waals surface area contributed by atoms with Crippen LogP contribution in [0.1, 0.15) is 63.2 Å². The van der Waals surface area contributed by atoms with E-state index in [0.717, 1.165) is 23.2 Å². The molecule has 1 aliphatic rings. The predicted octanol–water partition coefficient (Wildman–Crippen LogP) is 3.05. The van der Waals surface area contributed by atoms with Gasteiger partial charge < -0.3 is 10.3 Å². The number of rotatable bonds is 5. The normalized spacial score (nSPS) is 19.4. The van der Waals surface area contributed by atoms with E-state index in [1.54, 1.807) is 0 Å². The molecule has 1 atom stereocenters. The first-order valence-corrected chi connectivity index (χ1v) is 7.54. The molecule has 1 aliphatic carbocycles. The molecule has 1 aromatic heterocycles. The zero-order valence-electron chi connectivity index (χ0n) is 10.4. The molecule has 17 heavy (non-hydrogen) atoms. The van der Waals surface area contributed by atoms with Crippen molar-refractivity contribution in [1.29, 1.82) is 0 Å². The average molecular weight is 255 g/mol. The third-order valence-electron chi connectivity index (χ3n) is 3.24. The van der Waals surface area contributed by atoms with Crippen molar-refractivity contribution in [1.82, 2.24) is 10.1 Å². The SMILES string of the molecule is CC[C@@H](N)c1nc(CSC2CCCCC2)no1. The van der Waals surface area contributed by atoms with Gasteiger partial charge in [-0.3, -0.25) is 0 Å². The van der Waals surface area contributed by atoms with Crippen LogP contribution in [0.15, 0.2) is 4.52 Å². The van der Waals surface area contributed by atoms with E-state index in [4.69, 9.17) is 10.3 Å². The molecular weight excluding hydrogens is 234 g/mol. The van der Waals surface area contributed by atoms with Crippen LogP contribution in [0.2, 0.25) is 0 Å². The van der Waals surface area contributed by atoms with Crippen LogP contribution in [0.3, 0.4) is 0 Å². The van der Waals surface area contributed by atoms with Crippen LogP contribution in [0.4, 0.5) is 0 Å². The van der Waals surface area contributed by atoms with Crippen molar-refractivity contribution in [2.75, 3.05) is 0 Å². The molecule has 2 N–H and O–H groups in total. The number of aromatic nitrogens is 2. The van der Waals surface area contributed by atoms with E-state index in [-0.39, 0.29) is 6.04 Å². The van der Waals surface area contributed by atoms with E-state index in [9.17, 15) is 0 Å². The Morgan fingerprint density at radius 1 is 1.41 bits per heavy atom. The molecule has 5 heteroatoms. The maximum atomic E-state index is 5.84. The first-order chi connectivity index (χ1) is 8.29. The highest BCUT2D eigenvalue weighted by atomic mass is 32.2. The van der Waals surface area contributed by atoms with Crippen LogP contribution in [-0.4, -0.2) is 15.4 Å². The topological polar surface area (TPSA) is 64.9 Å². The fraction of sp³-hybridized carbons (Fsp3) is 0.833. The van der Waals surface area contributed by atoms with Gasteiger partial charge in [0.15, 0.2) is 5.82 Å². The van der Waals surface area contributed by atoms with Crippen molar-refractivity contribution in [3.8, 4) is 0 Å². The lowest BCUT2D eigenvalue weighted by molar-refractivity contribution is 0.349. The van der Waals surface area contributed by atoms with Gasteiger partial charge in [0.05, 0.1) is 11.8 Å². The minimum Gasteiger partial charge on any atom is -0.338 e. The number of hydrogen-bond acceptors (Lipinski definition) is 5. The number of hydrogen-bond donors (Lipinski definition) is 1. The third kappa shape index (κ3) is 3.71. The van der Waals surface area contributed by atoms with Gasteiger partial charge in [-0.2, -0.15) is 16.7 Å². The van der Waals surface area contributed by atoms with Crippen molar-refractivity contribution in [2.24, 2.45) is 5.73 Å². The summed E-state index contributed by atoms with van der Waals surface area (Å²) < 4.78 is 5.16. The van der Waals surface area contributed by atoms with Gasteiger partial charge in [0.25, 0.3) is 0 Å². The molecule has 0 aliphatic heterocycles. The summed E-state index contributed by atoms with van der Waals surface area (Å²) in [5.41, 5.74) is 5.84. The molecule has 0 aromatic carbocycles. The molecule has 0 saturated heterocycles. The van der Waals surface area contributed by atoms with E-state index >= 15 is 0 Å². The molecule has 1 fully saturated rings. The van der Waals surface area contributed by atoms with Gasteiger partial charge in [-0.05, 0) is 19.3 Å². The quantitative estimate of drug-likeness (QED) is 0.876. The van der Waals surface area contributed by atoms with Gasteiger partial charge in [-0.1, -0.05) is 31.3 Å². The second-order valence-corrected chi connectivity index (χ2v) is 5.92. The largest absolute Gasteiger partial charge is 0.338 e. The minimum atomic E-state index is -0.115. The monoisotopic (exact) mass is 255 g/mol. The Balaban J connectivity index is 1.80. The predicted molar refractivity (Wildman–Crippen MR) is 69.7 cm³/mol. The Morgan fingerprint density at radius 3 is 2.88 bits per heavy atom. The Morgan fingerprint density at radius 2 is 2.18 bits per heavy atom. The third-order valence-corrected chi connectivity index (χ3v) is 4.61. The summed E-state index contributed by atoms with van der Waals surface area (Å²) in [6, 6.07) is -0.115. The Labute approximate surface area is 107 Å². The van der Waals surface area contributed by atoms with Crippen molar-refractivity contribution in [3.05, 3.63) is 11.7 Å². The molecule has 1 aromatic rings. The molecule has 1 heterocycles. The van der Waals surface area contributed by atoms with Crippen LogP contribution in [0.25, 0.3) is 0 Å². The van der Waals surface area contributed by atoms with Crippen LogP contribution < -0.4 is 5.73 Å². The molecule has 0 radical (unpaired) electrons. The van der Waals surface area contributed by atoms with Crippen molar-refractivity contribution < 1.29 is 4.52 Å². The highest BCUT2D eigenvalue weighted by Crippen LogP contribution is 2.30. The van der Waals surface area contributed by atoms with Gasteiger partial charge in [0.1, 0.15) is 0 Å². The second-order valence-electron chi connectivity index (χ2n) is 4.63. The smallest absolute Gasteiger partial charge is 0.243 e. The maximum absolute atomic E-state index is 5.84. The van der Waals surface area contributed by atoms with Gasteiger partial charge in [-0.25, -0.2) is 0 Å². The first-order valence-electron chi connectivity index (χ1n) is 6.49. The van der Waals surface area contributed by atoms with Crippen LogP contribution in [0.5, 0.6) is 0 Å². The molecular formula is C12H21N3OS. The molecule has 0 unspecified atom stereocenters. The zero-order chi connectivity index (χ0) is 12.1. The van der Waals surface area contributed by atoms with Gasteiger partial charge in [0.2, 0.25) is 5.89 Å². The molecule has 96 valence electrons. The molecule has 0 spiro atoms. The van der Waals surface area contributed by atoms with Crippen LogP contribution in [-0.2, 0) is 5.75 Å². The van der Waals surface area contributed by atoms with Crippen molar-refractivity contribution in [3.63, 3.8) is 0 Å². The van der Waals surface area contributed by atoms with Crippen molar-refractivity contribution in [2.45, 2.75) is 62.5 Å². The lowest BCUT2D eigenvalue weighted by Crippen LogP contribution is -2.09. The first kappa shape index (κ1) is 12.9. The second kappa shape index (κ2) is 6.40. The Hall–Kier alpha value is -0.550. The zero-order valence-corrected chi connectivity index (χ0v) is 11.2. The van der Waals surface area contributed by atoms with Gasteiger partial charge in [0, 0.05) is 5.25 Å². The Kier molecular flexibility index (Phi) is 4.86. The van der Waals surface area contributed by atoms with Crippen molar-refractivity contribution >= 4 is 11.8 Å². The maximum Gasteiger partial charge on any atom is 0.243 e. The van der Waals surface area contributed by atoms with E-state index in [1.165, 1.54) is 32.1 Å². The number of nitrogens with zero attached hydrogens (tertiary/aromatic N) is 2. The summed E-state index contributed by atoms with van der Waals surface area (Å²) in [4.78, 5) is 4.34. The summed E-state index contributed by atoms with van der Waals surface area (Å²) in [5.74, 6) is 2.22. The average Bonchev–Trinajstić information content (AvgIpc) is 2.85. The summed E-state index contributed by atoms with van der Waals surface area (Å²) in [6.45, 7) is 2.02. The summed E-state index contributed by atoms with van der Waals surface area (Å²) >= 11 is 1.96.